The molecule has 1 saturated heterocycles. The Kier molecular flexibility index (Phi) is 3.78. The second-order valence-corrected chi connectivity index (χ2v) is 4.30. The van der Waals surface area contributed by atoms with Crippen molar-refractivity contribution < 1.29 is 9.53 Å². The maximum Gasteiger partial charge on any atom is 0.186 e. The molecule has 0 bridgehead atoms. The molecule has 1 aliphatic rings. The number of methoxy groups -OCH3 is 1. The van der Waals surface area contributed by atoms with Crippen LogP contribution in [0, 0.1) is 0 Å². The SMILES string of the molecule is CCn1ncc(OC)c1C(=O)CC1CCCN1. The predicted molar refractivity (Wildman–Crippen MR) is 64.4 cm³/mol. The summed E-state index contributed by atoms with van der Waals surface area (Å²) in [5.41, 5.74) is 0.601. The van der Waals surface area contributed by atoms with Crippen molar-refractivity contribution >= 4 is 5.78 Å². The molecule has 0 spiro atoms. The molecule has 0 aromatic carbocycles. The third kappa shape index (κ3) is 2.49. The maximum absolute atomic E-state index is 12.2. The van der Waals surface area contributed by atoms with E-state index in [1.54, 1.807) is 18.0 Å². The van der Waals surface area contributed by atoms with Crippen molar-refractivity contribution in [3.05, 3.63) is 11.9 Å². The number of carbonyl (C=O) groups excluding carboxylic acids is 1. The fraction of sp³-hybridized carbons (Fsp3) is 0.667. The number of hydrogen-bond donors (Lipinski definition) is 1. The Balaban J connectivity index is 2.13. The monoisotopic (exact) mass is 237 g/mol. The van der Waals surface area contributed by atoms with Crippen LogP contribution in [-0.4, -0.2) is 35.3 Å². The lowest BCUT2D eigenvalue weighted by atomic mass is 10.1. The molecule has 1 aromatic rings. The molecule has 1 fully saturated rings. The first-order valence-electron chi connectivity index (χ1n) is 6.12. The Morgan fingerprint density at radius 3 is 3.12 bits per heavy atom. The van der Waals surface area contributed by atoms with Crippen molar-refractivity contribution in [2.24, 2.45) is 0 Å². The van der Waals surface area contributed by atoms with Crippen LogP contribution in [0.2, 0.25) is 0 Å². The first kappa shape index (κ1) is 12.1. The summed E-state index contributed by atoms with van der Waals surface area (Å²) in [5.74, 6) is 0.690. The third-order valence-corrected chi connectivity index (χ3v) is 3.18. The zero-order chi connectivity index (χ0) is 12.3. The van der Waals surface area contributed by atoms with E-state index in [9.17, 15) is 4.79 Å². The molecule has 0 saturated carbocycles. The zero-order valence-electron chi connectivity index (χ0n) is 10.4. The average molecular weight is 237 g/mol. The van der Waals surface area contributed by atoms with Gasteiger partial charge in [0.1, 0.15) is 5.69 Å². The van der Waals surface area contributed by atoms with Crippen LogP contribution in [-0.2, 0) is 6.54 Å². The van der Waals surface area contributed by atoms with E-state index in [1.165, 1.54) is 0 Å². The molecule has 5 nitrogen and oxygen atoms in total. The quantitative estimate of drug-likeness (QED) is 0.783. The molecule has 0 amide bonds. The van der Waals surface area contributed by atoms with Crippen LogP contribution in [0.3, 0.4) is 0 Å². The van der Waals surface area contributed by atoms with Gasteiger partial charge in [0.25, 0.3) is 0 Å². The van der Waals surface area contributed by atoms with Crippen molar-refractivity contribution in [3.63, 3.8) is 0 Å². The van der Waals surface area contributed by atoms with Gasteiger partial charge in [0, 0.05) is 19.0 Å². The minimum atomic E-state index is 0.112. The molecule has 2 rings (SSSR count). The first-order valence-corrected chi connectivity index (χ1v) is 6.12. The third-order valence-electron chi connectivity index (χ3n) is 3.18. The number of ether oxygens (including phenoxy) is 1. The molecule has 0 aliphatic carbocycles. The Morgan fingerprint density at radius 2 is 2.53 bits per heavy atom. The molecule has 94 valence electrons. The van der Waals surface area contributed by atoms with E-state index >= 15 is 0 Å². The van der Waals surface area contributed by atoms with Crippen LogP contribution in [0.15, 0.2) is 6.20 Å². The first-order chi connectivity index (χ1) is 8.26. The summed E-state index contributed by atoms with van der Waals surface area (Å²) in [5, 5.41) is 7.48. The maximum atomic E-state index is 12.2. The van der Waals surface area contributed by atoms with Gasteiger partial charge in [-0.25, -0.2) is 0 Å². The molecule has 1 aromatic heterocycles. The highest BCUT2D eigenvalue weighted by atomic mass is 16.5. The lowest BCUT2D eigenvalue weighted by Crippen LogP contribution is -2.25. The number of nitrogens with zero attached hydrogens (tertiary/aromatic N) is 2. The molecular formula is C12H19N3O2. The summed E-state index contributed by atoms with van der Waals surface area (Å²) < 4.78 is 6.89. The number of Topliss-reactive ketones (excluding diaryl/α,β-unsaturated/α-hetero) is 1. The summed E-state index contributed by atoms with van der Waals surface area (Å²) in [6, 6.07) is 0.312. The van der Waals surface area contributed by atoms with Gasteiger partial charge in [0.05, 0.1) is 13.3 Å². The fourth-order valence-corrected chi connectivity index (χ4v) is 2.29. The van der Waals surface area contributed by atoms with Crippen molar-refractivity contribution in [2.45, 2.75) is 38.8 Å². The van der Waals surface area contributed by atoms with Gasteiger partial charge in [-0.3, -0.25) is 9.48 Å². The average Bonchev–Trinajstić information content (AvgIpc) is 2.95. The van der Waals surface area contributed by atoms with Gasteiger partial charge in [-0.05, 0) is 26.3 Å². The van der Waals surface area contributed by atoms with E-state index in [0.717, 1.165) is 19.4 Å². The normalized spacial score (nSPS) is 19.5. The Bertz CT molecular complexity index is 373. The van der Waals surface area contributed by atoms with Gasteiger partial charge in [-0.15, -0.1) is 0 Å². The van der Waals surface area contributed by atoms with Gasteiger partial charge in [0.15, 0.2) is 11.5 Å². The van der Waals surface area contributed by atoms with E-state index in [4.69, 9.17) is 4.74 Å². The minimum Gasteiger partial charge on any atom is -0.493 e. The molecule has 1 N–H and O–H groups in total. The van der Waals surface area contributed by atoms with Crippen molar-refractivity contribution in [1.82, 2.24) is 15.1 Å². The second-order valence-electron chi connectivity index (χ2n) is 4.30. The Labute approximate surface area is 101 Å². The molecule has 5 heteroatoms. The van der Waals surface area contributed by atoms with Gasteiger partial charge >= 0.3 is 0 Å². The van der Waals surface area contributed by atoms with E-state index in [0.29, 0.717) is 30.5 Å². The van der Waals surface area contributed by atoms with E-state index in [1.807, 2.05) is 6.92 Å². The van der Waals surface area contributed by atoms with Crippen molar-refractivity contribution in [1.29, 1.82) is 0 Å². The predicted octanol–water partition coefficient (Wildman–Crippen LogP) is 1.24. The minimum absolute atomic E-state index is 0.112. The topological polar surface area (TPSA) is 56.2 Å². The lowest BCUT2D eigenvalue weighted by Gasteiger charge is -2.10. The summed E-state index contributed by atoms with van der Waals surface area (Å²) in [6.07, 6.45) is 4.37. The van der Waals surface area contributed by atoms with Crippen LogP contribution in [0.1, 0.15) is 36.7 Å². The van der Waals surface area contributed by atoms with Crippen LogP contribution in [0.25, 0.3) is 0 Å². The van der Waals surface area contributed by atoms with E-state index in [2.05, 4.69) is 10.4 Å². The number of aromatic nitrogens is 2. The summed E-state index contributed by atoms with van der Waals surface area (Å²) in [4.78, 5) is 12.2. The van der Waals surface area contributed by atoms with Crippen LogP contribution in [0.4, 0.5) is 0 Å². The summed E-state index contributed by atoms with van der Waals surface area (Å²) >= 11 is 0. The largest absolute Gasteiger partial charge is 0.493 e. The number of carbonyl (C=O) groups is 1. The molecular weight excluding hydrogens is 218 g/mol. The highest BCUT2D eigenvalue weighted by Gasteiger charge is 2.23. The fourth-order valence-electron chi connectivity index (χ4n) is 2.29. The number of nitrogens with one attached hydrogen (secondary N) is 1. The molecule has 1 atom stereocenters. The lowest BCUT2D eigenvalue weighted by molar-refractivity contribution is 0.0958. The molecule has 1 unspecified atom stereocenters. The zero-order valence-corrected chi connectivity index (χ0v) is 10.4. The standard InChI is InChI=1S/C12H19N3O2/c1-3-15-12(11(17-2)8-14-15)10(16)7-9-5-4-6-13-9/h8-9,13H,3-7H2,1-2H3. The Hall–Kier alpha value is -1.36. The molecule has 1 aliphatic heterocycles. The van der Waals surface area contributed by atoms with Gasteiger partial charge in [-0.1, -0.05) is 0 Å². The van der Waals surface area contributed by atoms with Crippen molar-refractivity contribution in [2.75, 3.05) is 13.7 Å². The summed E-state index contributed by atoms with van der Waals surface area (Å²) in [7, 11) is 1.57. The van der Waals surface area contributed by atoms with Crippen LogP contribution >= 0.6 is 0 Å². The van der Waals surface area contributed by atoms with Crippen molar-refractivity contribution in [3.8, 4) is 5.75 Å². The van der Waals surface area contributed by atoms with Gasteiger partial charge < -0.3 is 10.1 Å². The Morgan fingerprint density at radius 1 is 1.71 bits per heavy atom. The highest BCUT2D eigenvalue weighted by molar-refractivity contribution is 5.97. The number of ketones is 1. The van der Waals surface area contributed by atoms with Gasteiger partial charge in [-0.2, -0.15) is 5.10 Å². The number of aryl methyl sites for hydroxylation is 1. The molecule has 0 radical (unpaired) electrons. The second kappa shape index (κ2) is 5.31. The van der Waals surface area contributed by atoms with E-state index in [-0.39, 0.29) is 5.78 Å². The molecule has 2 heterocycles. The smallest absolute Gasteiger partial charge is 0.186 e. The number of hydrogen-bond acceptors (Lipinski definition) is 4. The van der Waals surface area contributed by atoms with E-state index < -0.39 is 0 Å². The van der Waals surface area contributed by atoms with Gasteiger partial charge in [0.2, 0.25) is 0 Å². The molecule has 17 heavy (non-hydrogen) atoms. The highest BCUT2D eigenvalue weighted by Crippen LogP contribution is 2.21. The summed E-state index contributed by atoms with van der Waals surface area (Å²) in [6.45, 7) is 3.67. The van der Waals surface area contributed by atoms with Crippen LogP contribution < -0.4 is 10.1 Å². The number of rotatable bonds is 5. The van der Waals surface area contributed by atoms with Crippen LogP contribution in [0.5, 0.6) is 5.75 Å².